The van der Waals surface area contributed by atoms with Gasteiger partial charge in [-0.05, 0) is 38.2 Å². The van der Waals surface area contributed by atoms with Crippen LogP contribution in [0.15, 0.2) is 30.6 Å². The number of anilines is 4. The summed E-state index contributed by atoms with van der Waals surface area (Å²) in [5.74, 6) is -2.67. The number of rotatable bonds is 7. The first-order valence-electron chi connectivity index (χ1n) is 13.4. The average molecular weight is 593 g/mol. The number of carbonyl (C=O) groups excluding carboxylic acids is 1. The molecule has 0 atom stereocenters. The molecule has 2 aliphatic rings. The fourth-order valence-electron chi connectivity index (χ4n) is 4.95. The maximum atomic E-state index is 13.8. The van der Waals surface area contributed by atoms with Gasteiger partial charge < -0.3 is 15.1 Å². The minimum Gasteiger partial charge on any atom is -0.377 e. The van der Waals surface area contributed by atoms with Crippen LogP contribution in [-0.4, -0.2) is 79.8 Å². The lowest BCUT2D eigenvalue weighted by atomic mass is 10.1. The van der Waals surface area contributed by atoms with Crippen molar-refractivity contribution in [2.45, 2.75) is 50.9 Å². The van der Waals surface area contributed by atoms with Gasteiger partial charge in [-0.2, -0.15) is 27.7 Å². The van der Waals surface area contributed by atoms with Gasteiger partial charge in [0.25, 0.3) is 11.8 Å². The lowest BCUT2D eigenvalue weighted by molar-refractivity contribution is -0.0223. The predicted molar refractivity (Wildman–Crippen MR) is 154 cm³/mol. The highest BCUT2D eigenvalue weighted by Crippen LogP contribution is 2.33. The number of hydrogen-bond acceptors (Lipinski definition) is 8. The van der Waals surface area contributed by atoms with Crippen molar-refractivity contribution in [2.75, 3.05) is 51.8 Å². The zero-order valence-corrected chi connectivity index (χ0v) is 24.6. The topological polar surface area (TPSA) is 125 Å². The number of nitrogens with zero attached hydrogens (tertiary/aromatic N) is 6. The molecule has 0 spiro atoms. The van der Waals surface area contributed by atoms with Crippen LogP contribution in [0, 0.1) is 0 Å². The normalized spacial score (nSPS) is 19.0. The summed E-state index contributed by atoms with van der Waals surface area (Å²) in [5.41, 5.74) is 1.83. The second-order valence-corrected chi connectivity index (χ2v) is 18.5. The highest BCUT2D eigenvalue weighted by Gasteiger charge is 2.35. The molecule has 2 N–H and O–H groups in total. The zero-order chi connectivity index (χ0) is 28.7. The molecule has 3 aromatic rings. The number of piperidine rings is 1. The van der Waals surface area contributed by atoms with E-state index in [9.17, 15) is 22.0 Å². The van der Waals surface area contributed by atoms with Crippen molar-refractivity contribution >= 4 is 52.8 Å². The Morgan fingerprint density at radius 1 is 1.07 bits per heavy atom. The Kier molecular flexibility index (Phi) is 7.46. The number of carbonyl (C=O) groups is 1. The highest BCUT2D eigenvalue weighted by atomic mass is 32.2. The van der Waals surface area contributed by atoms with Gasteiger partial charge in [0, 0.05) is 32.0 Å². The van der Waals surface area contributed by atoms with Crippen LogP contribution in [-0.2, 0) is 10.0 Å². The van der Waals surface area contributed by atoms with E-state index < -0.39 is 29.9 Å². The second kappa shape index (κ2) is 10.6. The number of alkyl halides is 2. The van der Waals surface area contributed by atoms with E-state index in [0.29, 0.717) is 28.5 Å². The van der Waals surface area contributed by atoms with E-state index in [1.54, 1.807) is 36.1 Å². The molecule has 2 fully saturated rings. The Bertz CT molecular complexity index is 1510. The summed E-state index contributed by atoms with van der Waals surface area (Å²) in [7, 11) is -4.81. The van der Waals surface area contributed by atoms with Crippen molar-refractivity contribution in [1.82, 2.24) is 19.6 Å². The van der Waals surface area contributed by atoms with Crippen LogP contribution in [0.25, 0.3) is 5.65 Å². The largest absolute Gasteiger partial charge is 0.377 e. The van der Waals surface area contributed by atoms with Crippen LogP contribution in [0.5, 0.6) is 0 Å². The second-order valence-electron chi connectivity index (χ2n) is 11.2. The molecular formula is C25H34F2N8O3SSi-. The van der Waals surface area contributed by atoms with Crippen molar-refractivity contribution < 1.29 is 22.0 Å². The molecule has 1 amide bonds. The van der Waals surface area contributed by atoms with Crippen LogP contribution in [0.4, 0.5) is 31.9 Å². The van der Waals surface area contributed by atoms with Crippen molar-refractivity contribution in [3.63, 3.8) is 0 Å². The Labute approximate surface area is 233 Å². The lowest BCUT2D eigenvalue weighted by Crippen LogP contribution is -2.43. The number of benzene rings is 1. The van der Waals surface area contributed by atoms with Gasteiger partial charge in [0.2, 0.25) is 16.0 Å². The van der Waals surface area contributed by atoms with Gasteiger partial charge in [0.05, 0.1) is 22.7 Å². The molecule has 4 heterocycles. The third-order valence-electron chi connectivity index (χ3n) is 7.62. The molecule has 0 bridgehead atoms. The number of fused-ring (bicyclic) bond motifs is 1. The molecule has 217 valence electrons. The summed E-state index contributed by atoms with van der Waals surface area (Å²) in [5, 5.41) is 7.03. The summed E-state index contributed by atoms with van der Waals surface area (Å²) in [4.78, 5) is 26.3. The van der Waals surface area contributed by atoms with E-state index in [0.717, 1.165) is 25.2 Å². The molecule has 0 saturated carbocycles. The first-order chi connectivity index (χ1) is 18.8. The maximum Gasteiger partial charge on any atom is 0.258 e. The number of halogens is 2. The van der Waals surface area contributed by atoms with E-state index in [2.05, 4.69) is 43.1 Å². The molecule has 15 heteroatoms. The van der Waals surface area contributed by atoms with Gasteiger partial charge in [-0.15, -0.1) is 20.2 Å². The van der Waals surface area contributed by atoms with E-state index in [-0.39, 0.29) is 37.5 Å². The van der Waals surface area contributed by atoms with Gasteiger partial charge in [-0.3, -0.25) is 9.52 Å². The molecule has 2 aliphatic heterocycles. The highest BCUT2D eigenvalue weighted by molar-refractivity contribution is 7.92. The quantitative estimate of drug-likeness (QED) is 0.396. The molecule has 0 radical (unpaired) electrons. The summed E-state index contributed by atoms with van der Waals surface area (Å²) in [6.07, 6.45) is 0.753. The number of nitrogens with one attached hydrogen (secondary N) is 2. The van der Waals surface area contributed by atoms with Crippen molar-refractivity contribution in [1.29, 1.82) is 0 Å². The Morgan fingerprint density at radius 3 is 2.45 bits per heavy atom. The molecule has 0 aliphatic carbocycles. The summed E-state index contributed by atoms with van der Waals surface area (Å²) < 4.78 is 56.1. The van der Waals surface area contributed by atoms with Crippen molar-refractivity contribution in [2.24, 2.45) is 0 Å². The predicted octanol–water partition coefficient (Wildman–Crippen LogP) is 3.90. The number of sulfonamides is 1. The third kappa shape index (κ3) is 6.19. The maximum absolute atomic E-state index is 13.8. The Balaban J connectivity index is 1.45. The smallest absolute Gasteiger partial charge is 0.258 e. The van der Waals surface area contributed by atoms with Crippen LogP contribution < -0.4 is 19.8 Å². The molecule has 2 saturated heterocycles. The molecule has 0 unspecified atom stereocenters. The minimum absolute atomic E-state index is 0.0676. The molecule has 5 rings (SSSR count). The van der Waals surface area contributed by atoms with Crippen LogP contribution >= 0.6 is 0 Å². The summed E-state index contributed by atoms with van der Waals surface area (Å²) in [6, 6.07) is 8.58. The summed E-state index contributed by atoms with van der Waals surface area (Å²) in [6.45, 7) is 7.99. The molecule has 1 aromatic carbocycles. The Hall–Kier alpha value is -3.33. The average Bonchev–Trinajstić information content (AvgIpc) is 3.37. The van der Waals surface area contributed by atoms with Crippen molar-refractivity contribution in [3.05, 3.63) is 36.2 Å². The fourth-order valence-corrected chi connectivity index (χ4v) is 7.58. The van der Waals surface area contributed by atoms with Crippen LogP contribution in [0.3, 0.4) is 0 Å². The zero-order valence-electron chi connectivity index (χ0n) is 22.8. The van der Waals surface area contributed by atoms with E-state index in [1.807, 2.05) is 0 Å². The molecule has 40 heavy (non-hydrogen) atoms. The van der Waals surface area contributed by atoms with Gasteiger partial charge in [-0.25, -0.2) is 22.2 Å². The Morgan fingerprint density at radius 2 is 1.77 bits per heavy atom. The summed E-state index contributed by atoms with van der Waals surface area (Å²) >= 11 is 0. The number of amides is 1. The van der Waals surface area contributed by atoms with E-state index in [1.165, 1.54) is 10.8 Å². The van der Waals surface area contributed by atoms with Crippen LogP contribution in [0.1, 0.15) is 30.1 Å². The standard InChI is InChI=1S/C25H34F2N8O3SSi/c1-4-39(37,38)32-18-5-6-19(20(15-18)33-11-13-40(2,3)14-12-33)23(36)30-21-16-22-28-17-29-35(22)24(31-21)34-9-7-25(26,27)8-10-34/h5-6,15-17,32H,4,7-14H2,1-3H3,(H,30,36)/q-1. The van der Waals surface area contributed by atoms with Crippen molar-refractivity contribution in [3.8, 4) is 0 Å². The van der Waals surface area contributed by atoms with E-state index >= 15 is 0 Å². The first-order valence-corrected chi connectivity index (χ1v) is 18.5. The number of hydrogen-bond donors (Lipinski definition) is 2. The number of aromatic nitrogens is 4. The SMILES string of the molecule is CCS(=O)(=O)Nc1ccc(C(=O)Nc2cc3ncnn3c(N3CCC(F)(F)CC3)n2)c(N2CC[Si-](C)(C)CC2)c1. The van der Waals surface area contributed by atoms with Gasteiger partial charge >= 0.3 is 0 Å². The van der Waals surface area contributed by atoms with E-state index in [4.69, 9.17) is 0 Å². The fraction of sp³-hybridized carbons (Fsp3) is 0.520. The van der Waals surface area contributed by atoms with Gasteiger partial charge in [0.1, 0.15) is 12.1 Å². The molecule has 2 aromatic heterocycles. The van der Waals surface area contributed by atoms with Gasteiger partial charge in [0.15, 0.2) is 5.65 Å². The van der Waals surface area contributed by atoms with Gasteiger partial charge in [-0.1, -0.05) is 0 Å². The third-order valence-corrected chi connectivity index (χ3v) is 12.1. The van der Waals surface area contributed by atoms with Crippen LogP contribution in [0.2, 0.25) is 25.2 Å². The molecule has 11 nitrogen and oxygen atoms in total. The monoisotopic (exact) mass is 592 g/mol. The minimum atomic E-state index is -3.50. The first kappa shape index (κ1) is 28.2. The lowest BCUT2D eigenvalue weighted by Gasteiger charge is -2.45. The molecular weight excluding hydrogens is 558 g/mol.